The molecule has 0 unspecified atom stereocenters. The van der Waals surface area contributed by atoms with Crippen LogP contribution in [-0.2, 0) is 11.3 Å². The number of amides is 1. The quantitative estimate of drug-likeness (QED) is 0.886. The Morgan fingerprint density at radius 2 is 1.74 bits per heavy atom. The van der Waals surface area contributed by atoms with Crippen LogP contribution in [0.25, 0.3) is 0 Å². The van der Waals surface area contributed by atoms with Gasteiger partial charge in [-0.3, -0.25) is 0 Å². The van der Waals surface area contributed by atoms with Crippen LogP contribution in [-0.4, -0.2) is 37.2 Å². The summed E-state index contributed by atoms with van der Waals surface area (Å²) in [6, 6.07) is 17.5. The number of hydrogen-bond donors (Lipinski definition) is 1. The van der Waals surface area contributed by atoms with E-state index in [1.165, 1.54) is 0 Å². The zero-order valence-corrected chi connectivity index (χ0v) is 13.0. The molecule has 0 atom stereocenters. The van der Waals surface area contributed by atoms with E-state index in [1.807, 2.05) is 54.6 Å². The fourth-order valence-electron chi connectivity index (χ4n) is 2.68. The molecule has 1 saturated heterocycles. The van der Waals surface area contributed by atoms with Crippen molar-refractivity contribution in [1.82, 2.24) is 4.90 Å². The average molecular weight is 311 g/mol. The maximum absolute atomic E-state index is 12.1. The van der Waals surface area contributed by atoms with Gasteiger partial charge in [-0.25, -0.2) is 4.79 Å². The van der Waals surface area contributed by atoms with Crippen molar-refractivity contribution in [3.8, 4) is 0 Å². The fourth-order valence-corrected chi connectivity index (χ4v) is 2.68. The van der Waals surface area contributed by atoms with Gasteiger partial charge in [-0.2, -0.15) is 0 Å². The minimum Gasteiger partial charge on any atom is -0.445 e. The SMILES string of the molecule is Nc1cccc(N2CCN(C(=O)OCc3ccccc3)CC2)c1. The molecule has 23 heavy (non-hydrogen) atoms. The summed E-state index contributed by atoms with van der Waals surface area (Å²) in [5.41, 5.74) is 8.68. The number of piperazine rings is 1. The van der Waals surface area contributed by atoms with Gasteiger partial charge in [0.1, 0.15) is 6.61 Å². The predicted octanol–water partition coefficient (Wildman–Crippen LogP) is 2.73. The number of rotatable bonds is 3. The highest BCUT2D eigenvalue weighted by Gasteiger charge is 2.22. The number of nitrogens with zero attached hydrogens (tertiary/aromatic N) is 2. The van der Waals surface area contributed by atoms with E-state index in [1.54, 1.807) is 4.90 Å². The number of nitrogen functional groups attached to an aromatic ring is 1. The molecule has 0 bridgehead atoms. The second-order valence-electron chi connectivity index (χ2n) is 5.61. The van der Waals surface area contributed by atoms with Crippen LogP contribution in [0.3, 0.4) is 0 Å². The Morgan fingerprint density at radius 3 is 2.43 bits per heavy atom. The van der Waals surface area contributed by atoms with Gasteiger partial charge in [-0.1, -0.05) is 36.4 Å². The molecule has 0 aromatic heterocycles. The Kier molecular flexibility index (Phi) is 4.66. The topological polar surface area (TPSA) is 58.8 Å². The summed E-state index contributed by atoms with van der Waals surface area (Å²) in [7, 11) is 0. The minimum atomic E-state index is -0.249. The number of carbonyl (C=O) groups is 1. The third kappa shape index (κ3) is 3.94. The molecule has 1 aliphatic rings. The van der Waals surface area contributed by atoms with E-state index >= 15 is 0 Å². The van der Waals surface area contributed by atoms with E-state index in [2.05, 4.69) is 4.90 Å². The van der Waals surface area contributed by atoms with Crippen molar-refractivity contribution in [3.05, 3.63) is 60.2 Å². The summed E-state index contributed by atoms with van der Waals surface area (Å²) >= 11 is 0. The number of anilines is 2. The van der Waals surface area contributed by atoms with Crippen LogP contribution in [0.2, 0.25) is 0 Å². The largest absolute Gasteiger partial charge is 0.445 e. The third-order valence-electron chi connectivity index (χ3n) is 3.98. The Hall–Kier alpha value is -2.69. The first-order valence-electron chi connectivity index (χ1n) is 7.78. The second-order valence-corrected chi connectivity index (χ2v) is 5.61. The standard InChI is InChI=1S/C18H21N3O2/c19-16-7-4-8-17(13-16)20-9-11-21(12-10-20)18(22)23-14-15-5-2-1-3-6-15/h1-8,13H,9-12,14,19H2. The molecule has 0 aliphatic carbocycles. The lowest BCUT2D eigenvalue weighted by atomic mass is 10.2. The van der Waals surface area contributed by atoms with E-state index < -0.39 is 0 Å². The molecule has 0 spiro atoms. The van der Waals surface area contributed by atoms with Crippen LogP contribution in [0.15, 0.2) is 54.6 Å². The van der Waals surface area contributed by atoms with Crippen molar-refractivity contribution in [2.24, 2.45) is 0 Å². The number of hydrogen-bond acceptors (Lipinski definition) is 4. The lowest BCUT2D eigenvalue weighted by Crippen LogP contribution is -2.48. The Labute approximate surface area is 136 Å². The van der Waals surface area contributed by atoms with Gasteiger partial charge < -0.3 is 20.3 Å². The zero-order chi connectivity index (χ0) is 16.1. The van der Waals surface area contributed by atoms with Crippen molar-refractivity contribution in [2.45, 2.75) is 6.61 Å². The molecule has 5 nitrogen and oxygen atoms in total. The van der Waals surface area contributed by atoms with Crippen molar-refractivity contribution >= 4 is 17.5 Å². The Balaban J connectivity index is 1.49. The first-order valence-corrected chi connectivity index (χ1v) is 7.78. The smallest absolute Gasteiger partial charge is 0.410 e. The van der Waals surface area contributed by atoms with E-state index in [4.69, 9.17) is 10.5 Å². The van der Waals surface area contributed by atoms with Gasteiger partial charge in [-0.05, 0) is 23.8 Å². The molecule has 2 N–H and O–H groups in total. The van der Waals surface area contributed by atoms with Crippen LogP contribution >= 0.6 is 0 Å². The summed E-state index contributed by atoms with van der Waals surface area (Å²) in [6.45, 7) is 3.19. The van der Waals surface area contributed by atoms with Crippen molar-refractivity contribution in [1.29, 1.82) is 0 Å². The molecule has 1 heterocycles. The molecule has 0 saturated carbocycles. The molecule has 5 heteroatoms. The molecule has 1 fully saturated rings. The van der Waals surface area contributed by atoms with E-state index in [0.717, 1.165) is 30.0 Å². The summed E-state index contributed by atoms with van der Waals surface area (Å²) in [6.07, 6.45) is -0.249. The molecule has 2 aromatic rings. The van der Waals surface area contributed by atoms with Gasteiger partial charge in [0, 0.05) is 37.6 Å². The van der Waals surface area contributed by atoms with Gasteiger partial charge in [0.05, 0.1) is 0 Å². The maximum atomic E-state index is 12.1. The van der Waals surface area contributed by atoms with Crippen LogP contribution < -0.4 is 10.6 Å². The maximum Gasteiger partial charge on any atom is 0.410 e. The summed E-state index contributed by atoms with van der Waals surface area (Å²) < 4.78 is 5.38. The van der Waals surface area contributed by atoms with E-state index in [0.29, 0.717) is 19.7 Å². The Bertz CT molecular complexity index is 652. The highest BCUT2D eigenvalue weighted by atomic mass is 16.6. The molecule has 0 radical (unpaired) electrons. The van der Waals surface area contributed by atoms with Gasteiger partial charge in [0.25, 0.3) is 0 Å². The van der Waals surface area contributed by atoms with E-state index in [-0.39, 0.29) is 6.09 Å². The molecular weight excluding hydrogens is 290 g/mol. The van der Waals surface area contributed by atoms with Gasteiger partial charge in [0.2, 0.25) is 0 Å². The molecule has 2 aromatic carbocycles. The monoisotopic (exact) mass is 311 g/mol. The van der Waals surface area contributed by atoms with E-state index in [9.17, 15) is 4.79 Å². The summed E-state index contributed by atoms with van der Waals surface area (Å²) in [5, 5.41) is 0. The minimum absolute atomic E-state index is 0.249. The highest BCUT2D eigenvalue weighted by molar-refractivity contribution is 5.68. The number of carbonyl (C=O) groups excluding carboxylic acids is 1. The predicted molar refractivity (Wildman–Crippen MR) is 91.3 cm³/mol. The van der Waals surface area contributed by atoms with Gasteiger partial charge in [0.15, 0.2) is 0 Å². The van der Waals surface area contributed by atoms with Crippen molar-refractivity contribution < 1.29 is 9.53 Å². The summed E-state index contributed by atoms with van der Waals surface area (Å²) in [5.74, 6) is 0. The first kappa shape index (κ1) is 15.2. The van der Waals surface area contributed by atoms with Crippen LogP contribution in [0.5, 0.6) is 0 Å². The van der Waals surface area contributed by atoms with Crippen LogP contribution in [0.1, 0.15) is 5.56 Å². The number of benzene rings is 2. The zero-order valence-electron chi connectivity index (χ0n) is 13.0. The first-order chi connectivity index (χ1) is 11.2. The lowest BCUT2D eigenvalue weighted by Gasteiger charge is -2.35. The lowest BCUT2D eigenvalue weighted by molar-refractivity contribution is 0.0942. The fraction of sp³-hybridized carbons (Fsp3) is 0.278. The second kappa shape index (κ2) is 7.05. The number of nitrogens with two attached hydrogens (primary N) is 1. The normalized spacial score (nSPS) is 14.6. The molecule has 3 rings (SSSR count). The molecule has 1 aliphatic heterocycles. The molecule has 1 amide bonds. The molecular formula is C18H21N3O2. The van der Waals surface area contributed by atoms with Crippen molar-refractivity contribution in [2.75, 3.05) is 36.8 Å². The number of ether oxygens (including phenoxy) is 1. The molecule has 120 valence electrons. The highest BCUT2D eigenvalue weighted by Crippen LogP contribution is 2.19. The van der Waals surface area contributed by atoms with Crippen LogP contribution in [0.4, 0.5) is 16.2 Å². The average Bonchev–Trinajstić information content (AvgIpc) is 2.61. The van der Waals surface area contributed by atoms with Gasteiger partial charge >= 0.3 is 6.09 Å². The van der Waals surface area contributed by atoms with Gasteiger partial charge in [-0.15, -0.1) is 0 Å². The van der Waals surface area contributed by atoms with Crippen LogP contribution in [0, 0.1) is 0 Å². The summed E-state index contributed by atoms with van der Waals surface area (Å²) in [4.78, 5) is 16.1. The third-order valence-corrected chi connectivity index (χ3v) is 3.98. The Morgan fingerprint density at radius 1 is 1.00 bits per heavy atom. The van der Waals surface area contributed by atoms with Crippen molar-refractivity contribution in [3.63, 3.8) is 0 Å².